The molecule has 0 radical (unpaired) electrons. The zero-order valence-corrected chi connectivity index (χ0v) is 11.9. The van der Waals surface area contributed by atoms with Crippen molar-refractivity contribution in [3.63, 3.8) is 0 Å². The van der Waals surface area contributed by atoms with Gasteiger partial charge in [-0.1, -0.05) is 28.1 Å². The Balaban J connectivity index is 2.26. The lowest BCUT2D eigenvalue weighted by Gasteiger charge is -2.15. The number of ether oxygens (including phenoxy) is 2. The van der Waals surface area contributed by atoms with Crippen LogP contribution in [-0.4, -0.2) is 32.0 Å². The first-order valence-corrected chi connectivity index (χ1v) is 6.38. The molecule has 4 nitrogen and oxygen atoms in total. The molecule has 2 aromatic rings. The van der Waals surface area contributed by atoms with Crippen LogP contribution in [0.1, 0.15) is 0 Å². The third-order valence-corrected chi connectivity index (χ3v) is 3.41. The van der Waals surface area contributed by atoms with E-state index in [-0.39, 0.29) is 6.29 Å². The van der Waals surface area contributed by atoms with Crippen LogP contribution in [0.2, 0.25) is 0 Å². The van der Waals surface area contributed by atoms with Crippen molar-refractivity contribution in [3.05, 3.63) is 34.9 Å². The van der Waals surface area contributed by atoms with Crippen molar-refractivity contribution in [3.8, 4) is 0 Å². The van der Waals surface area contributed by atoms with Gasteiger partial charge in [0.15, 0.2) is 6.29 Å². The standard InChI is InChI=1S/C13H15BrN2O2/c1-17-12(18-2)8-16-13-10-4-3-5-11(14)9(10)6-7-15-13/h3-7,12H,8H2,1-2H3,(H,15,16). The summed E-state index contributed by atoms with van der Waals surface area (Å²) in [6.45, 7) is 0.547. The molecule has 0 unspecified atom stereocenters. The molecule has 1 aromatic carbocycles. The molecule has 0 fully saturated rings. The molecule has 1 heterocycles. The largest absolute Gasteiger partial charge is 0.364 e. The minimum atomic E-state index is -0.283. The van der Waals surface area contributed by atoms with Crippen molar-refractivity contribution in [2.45, 2.75) is 6.29 Å². The van der Waals surface area contributed by atoms with Crippen LogP contribution >= 0.6 is 15.9 Å². The second-order valence-corrected chi connectivity index (χ2v) is 4.63. The normalized spacial score (nSPS) is 11.1. The van der Waals surface area contributed by atoms with Crippen LogP contribution in [0.15, 0.2) is 34.9 Å². The average molecular weight is 311 g/mol. The third-order valence-electron chi connectivity index (χ3n) is 2.71. The number of fused-ring (bicyclic) bond motifs is 1. The van der Waals surface area contributed by atoms with Crippen LogP contribution in [-0.2, 0) is 9.47 Å². The molecule has 0 saturated heterocycles. The predicted molar refractivity (Wildman–Crippen MR) is 75.7 cm³/mol. The van der Waals surface area contributed by atoms with E-state index < -0.39 is 0 Å². The van der Waals surface area contributed by atoms with Crippen molar-refractivity contribution in [1.82, 2.24) is 4.98 Å². The van der Waals surface area contributed by atoms with Gasteiger partial charge in [0.25, 0.3) is 0 Å². The number of nitrogens with one attached hydrogen (secondary N) is 1. The molecule has 0 saturated carbocycles. The number of rotatable bonds is 5. The quantitative estimate of drug-likeness (QED) is 0.862. The third kappa shape index (κ3) is 2.80. The Bertz CT molecular complexity index is 529. The van der Waals surface area contributed by atoms with E-state index in [4.69, 9.17) is 9.47 Å². The lowest BCUT2D eigenvalue weighted by molar-refractivity contribution is -0.0914. The Morgan fingerprint density at radius 1 is 1.22 bits per heavy atom. The fourth-order valence-corrected chi connectivity index (χ4v) is 2.25. The number of benzene rings is 1. The van der Waals surface area contributed by atoms with Gasteiger partial charge in [0.05, 0.1) is 6.54 Å². The number of hydrogen-bond donors (Lipinski definition) is 1. The number of nitrogens with zero attached hydrogens (tertiary/aromatic N) is 1. The van der Waals surface area contributed by atoms with Gasteiger partial charge in [-0.3, -0.25) is 0 Å². The highest BCUT2D eigenvalue weighted by molar-refractivity contribution is 9.10. The van der Waals surface area contributed by atoms with E-state index in [1.54, 1.807) is 20.4 Å². The van der Waals surface area contributed by atoms with E-state index in [2.05, 4.69) is 26.2 Å². The number of aromatic nitrogens is 1. The smallest absolute Gasteiger partial charge is 0.173 e. The molecule has 1 N–H and O–H groups in total. The highest BCUT2D eigenvalue weighted by atomic mass is 79.9. The summed E-state index contributed by atoms with van der Waals surface area (Å²) in [7, 11) is 3.23. The van der Waals surface area contributed by atoms with E-state index >= 15 is 0 Å². The van der Waals surface area contributed by atoms with E-state index in [9.17, 15) is 0 Å². The van der Waals surface area contributed by atoms with Crippen LogP contribution < -0.4 is 5.32 Å². The van der Waals surface area contributed by atoms with Crippen molar-refractivity contribution in [2.75, 3.05) is 26.1 Å². The molecule has 96 valence electrons. The number of anilines is 1. The van der Waals surface area contributed by atoms with Gasteiger partial charge in [-0.25, -0.2) is 4.98 Å². The predicted octanol–water partition coefficient (Wildman–Crippen LogP) is 3.03. The lowest BCUT2D eigenvalue weighted by Crippen LogP contribution is -2.24. The molecule has 0 spiro atoms. The van der Waals surface area contributed by atoms with Gasteiger partial charge in [0.2, 0.25) is 0 Å². The van der Waals surface area contributed by atoms with Crippen molar-refractivity contribution in [1.29, 1.82) is 0 Å². The maximum absolute atomic E-state index is 5.14. The van der Waals surface area contributed by atoms with Crippen LogP contribution in [0.3, 0.4) is 0 Å². The van der Waals surface area contributed by atoms with Crippen molar-refractivity contribution < 1.29 is 9.47 Å². The topological polar surface area (TPSA) is 43.4 Å². The van der Waals surface area contributed by atoms with Gasteiger partial charge in [0.1, 0.15) is 5.82 Å². The zero-order valence-electron chi connectivity index (χ0n) is 10.3. The summed E-state index contributed by atoms with van der Waals surface area (Å²) in [5, 5.41) is 5.43. The second kappa shape index (κ2) is 6.13. The van der Waals surface area contributed by atoms with Crippen LogP contribution in [0.25, 0.3) is 10.8 Å². The number of pyridine rings is 1. The van der Waals surface area contributed by atoms with Gasteiger partial charge >= 0.3 is 0 Å². The fourth-order valence-electron chi connectivity index (χ4n) is 1.75. The SMILES string of the molecule is COC(CNc1nccc2c(Br)cccc12)OC. The number of hydrogen-bond acceptors (Lipinski definition) is 4. The summed E-state index contributed by atoms with van der Waals surface area (Å²) in [4.78, 5) is 4.35. The van der Waals surface area contributed by atoms with Gasteiger partial charge in [-0.2, -0.15) is 0 Å². The van der Waals surface area contributed by atoms with Gasteiger partial charge in [-0.05, 0) is 12.1 Å². The molecule has 0 bridgehead atoms. The minimum Gasteiger partial charge on any atom is -0.364 e. The molecular weight excluding hydrogens is 296 g/mol. The summed E-state index contributed by atoms with van der Waals surface area (Å²) < 4.78 is 11.3. The molecule has 5 heteroatoms. The molecule has 0 amide bonds. The Morgan fingerprint density at radius 3 is 2.72 bits per heavy atom. The van der Waals surface area contributed by atoms with Crippen molar-refractivity contribution in [2.24, 2.45) is 0 Å². The first-order valence-electron chi connectivity index (χ1n) is 5.59. The molecule has 0 aliphatic carbocycles. The molecule has 0 aliphatic heterocycles. The molecule has 18 heavy (non-hydrogen) atoms. The molecule has 0 atom stereocenters. The van der Waals surface area contributed by atoms with E-state index in [0.717, 1.165) is 21.1 Å². The van der Waals surface area contributed by atoms with Crippen molar-refractivity contribution >= 4 is 32.5 Å². The Labute approximate surface area is 114 Å². The first-order chi connectivity index (χ1) is 8.76. The monoisotopic (exact) mass is 310 g/mol. The van der Waals surface area contributed by atoms with Gasteiger partial charge in [0, 0.05) is 35.7 Å². The summed E-state index contributed by atoms with van der Waals surface area (Å²) in [5.41, 5.74) is 0. The van der Waals surface area contributed by atoms with E-state index in [1.165, 1.54) is 0 Å². The Hall–Kier alpha value is -1.17. The van der Waals surface area contributed by atoms with Gasteiger partial charge < -0.3 is 14.8 Å². The Morgan fingerprint density at radius 2 is 2.00 bits per heavy atom. The molecule has 0 aliphatic rings. The molecular formula is C13H15BrN2O2. The Kier molecular flexibility index (Phi) is 4.52. The minimum absolute atomic E-state index is 0.283. The van der Waals surface area contributed by atoms with Crippen LogP contribution in [0.4, 0.5) is 5.82 Å². The summed E-state index contributed by atoms with van der Waals surface area (Å²) >= 11 is 3.53. The summed E-state index contributed by atoms with van der Waals surface area (Å²) in [5.74, 6) is 0.827. The fraction of sp³-hybridized carbons (Fsp3) is 0.308. The number of halogens is 1. The summed E-state index contributed by atoms with van der Waals surface area (Å²) in [6, 6.07) is 8.02. The maximum atomic E-state index is 5.14. The highest BCUT2D eigenvalue weighted by Crippen LogP contribution is 2.27. The number of methoxy groups -OCH3 is 2. The molecule has 1 aromatic heterocycles. The zero-order chi connectivity index (χ0) is 13.0. The maximum Gasteiger partial charge on any atom is 0.173 e. The van der Waals surface area contributed by atoms with Gasteiger partial charge in [-0.15, -0.1) is 0 Å². The lowest BCUT2D eigenvalue weighted by atomic mass is 10.1. The average Bonchev–Trinajstić information content (AvgIpc) is 2.41. The van der Waals surface area contributed by atoms with E-state index in [0.29, 0.717) is 6.54 Å². The van der Waals surface area contributed by atoms with Crippen LogP contribution in [0, 0.1) is 0 Å². The summed E-state index contributed by atoms with van der Waals surface area (Å²) in [6.07, 6.45) is 1.50. The first kappa shape index (κ1) is 13.3. The molecule has 2 rings (SSSR count). The second-order valence-electron chi connectivity index (χ2n) is 3.78. The van der Waals surface area contributed by atoms with Crippen LogP contribution in [0.5, 0.6) is 0 Å². The van der Waals surface area contributed by atoms with E-state index in [1.807, 2.05) is 24.3 Å². The highest BCUT2D eigenvalue weighted by Gasteiger charge is 2.08.